The van der Waals surface area contributed by atoms with E-state index < -0.39 is 0 Å². The lowest BCUT2D eigenvalue weighted by atomic mass is 9.75. The zero-order valence-corrected chi connectivity index (χ0v) is 10.3. The van der Waals surface area contributed by atoms with E-state index in [9.17, 15) is 4.79 Å². The van der Waals surface area contributed by atoms with Crippen LogP contribution in [0, 0.1) is 11.8 Å². The number of rotatable bonds is 2. The molecule has 3 nitrogen and oxygen atoms in total. The molecule has 0 bridgehead atoms. The number of piperidine rings is 1. The highest BCUT2D eigenvalue weighted by molar-refractivity contribution is 5.76. The molecule has 0 radical (unpaired) electrons. The predicted octanol–water partition coefficient (Wildman–Crippen LogP) is 1.76. The van der Waals surface area contributed by atoms with Gasteiger partial charge >= 0.3 is 0 Å². The van der Waals surface area contributed by atoms with Crippen molar-refractivity contribution >= 4 is 5.91 Å². The Morgan fingerprint density at radius 1 is 1.31 bits per heavy atom. The van der Waals surface area contributed by atoms with Crippen molar-refractivity contribution in [1.29, 1.82) is 0 Å². The van der Waals surface area contributed by atoms with E-state index in [2.05, 4.69) is 4.90 Å². The van der Waals surface area contributed by atoms with E-state index in [-0.39, 0.29) is 11.9 Å². The number of nitrogens with two attached hydrogens (primary N) is 1. The zero-order valence-electron chi connectivity index (χ0n) is 10.3. The number of nitrogens with zero attached hydrogens (tertiary/aromatic N) is 1. The van der Waals surface area contributed by atoms with Crippen LogP contribution in [-0.4, -0.2) is 29.9 Å². The van der Waals surface area contributed by atoms with Crippen LogP contribution in [0.1, 0.15) is 45.4 Å². The minimum atomic E-state index is -0.00317. The fraction of sp³-hybridized carbons (Fsp3) is 0.923. The SMILES string of the molecule is CC(N)CC(=O)N1CCC2CCCCC2C1. The molecular formula is C13H24N2O. The van der Waals surface area contributed by atoms with Gasteiger partial charge in [-0.2, -0.15) is 0 Å². The van der Waals surface area contributed by atoms with E-state index in [0.717, 1.165) is 24.9 Å². The highest BCUT2D eigenvalue weighted by Crippen LogP contribution is 2.36. The lowest BCUT2D eigenvalue weighted by Crippen LogP contribution is -2.45. The van der Waals surface area contributed by atoms with Gasteiger partial charge in [-0.3, -0.25) is 4.79 Å². The van der Waals surface area contributed by atoms with Gasteiger partial charge in [-0.05, 0) is 31.6 Å². The Labute approximate surface area is 98.4 Å². The van der Waals surface area contributed by atoms with Crippen molar-refractivity contribution in [3.8, 4) is 0 Å². The first-order valence-corrected chi connectivity index (χ1v) is 6.70. The van der Waals surface area contributed by atoms with Crippen molar-refractivity contribution in [3.05, 3.63) is 0 Å². The monoisotopic (exact) mass is 224 g/mol. The molecule has 2 fully saturated rings. The van der Waals surface area contributed by atoms with E-state index in [1.807, 2.05) is 6.92 Å². The Hall–Kier alpha value is -0.570. The van der Waals surface area contributed by atoms with Crippen molar-refractivity contribution < 1.29 is 4.79 Å². The Morgan fingerprint density at radius 3 is 2.69 bits per heavy atom. The lowest BCUT2D eigenvalue weighted by Gasteiger charge is -2.41. The zero-order chi connectivity index (χ0) is 11.5. The van der Waals surface area contributed by atoms with Crippen LogP contribution in [-0.2, 0) is 4.79 Å². The Kier molecular flexibility index (Phi) is 3.85. The van der Waals surface area contributed by atoms with Gasteiger partial charge in [0.2, 0.25) is 5.91 Å². The Balaban J connectivity index is 1.87. The van der Waals surface area contributed by atoms with E-state index in [1.165, 1.54) is 32.1 Å². The van der Waals surface area contributed by atoms with Gasteiger partial charge in [-0.25, -0.2) is 0 Å². The molecule has 3 heteroatoms. The van der Waals surface area contributed by atoms with E-state index in [1.54, 1.807) is 0 Å². The number of carbonyl (C=O) groups is 1. The molecule has 0 aromatic heterocycles. The van der Waals surface area contributed by atoms with Crippen LogP contribution in [0.2, 0.25) is 0 Å². The highest BCUT2D eigenvalue weighted by Gasteiger charge is 2.32. The number of amides is 1. The molecule has 92 valence electrons. The first-order valence-electron chi connectivity index (χ1n) is 6.70. The molecule has 3 atom stereocenters. The molecule has 0 aromatic rings. The fourth-order valence-corrected chi connectivity index (χ4v) is 3.23. The number of carbonyl (C=O) groups excluding carboxylic acids is 1. The second-order valence-electron chi connectivity index (χ2n) is 5.61. The first kappa shape index (κ1) is 11.9. The molecule has 1 amide bonds. The fourth-order valence-electron chi connectivity index (χ4n) is 3.23. The molecule has 2 N–H and O–H groups in total. The van der Waals surface area contributed by atoms with Crippen LogP contribution in [0.5, 0.6) is 0 Å². The summed E-state index contributed by atoms with van der Waals surface area (Å²) in [5.74, 6) is 1.94. The third-order valence-electron chi connectivity index (χ3n) is 4.14. The lowest BCUT2D eigenvalue weighted by molar-refractivity contribution is -0.134. The van der Waals surface area contributed by atoms with Crippen LogP contribution >= 0.6 is 0 Å². The quantitative estimate of drug-likeness (QED) is 0.777. The third-order valence-corrected chi connectivity index (χ3v) is 4.14. The van der Waals surface area contributed by atoms with Crippen molar-refractivity contribution in [2.24, 2.45) is 17.6 Å². The third kappa shape index (κ3) is 2.76. The average molecular weight is 224 g/mol. The van der Waals surface area contributed by atoms with Gasteiger partial charge in [-0.1, -0.05) is 19.3 Å². The summed E-state index contributed by atoms with van der Waals surface area (Å²) < 4.78 is 0. The van der Waals surface area contributed by atoms with Crippen LogP contribution in [0.4, 0.5) is 0 Å². The smallest absolute Gasteiger partial charge is 0.224 e. The van der Waals surface area contributed by atoms with Crippen molar-refractivity contribution in [2.75, 3.05) is 13.1 Å². The molecule has 1 saturated carbocycles. The van der Waals surface area contributed by atoms with Gasteiger partial charge in [0, 0.05) is 25.6 Å². The average Bonchev–Trinajstić information content (AvgIpc) is 2.27. The minimum Gasteiger partial charge on any atom is -0.342 e. The van der Waals surface area contributed by atoms with Gasteiger partial charge in [-0.15, -0.1) is 0 Å². The van der Waals surface area contributed by atoms with Gasteiger partial charge in [0.05, 0.1) is 0 Å². The minimum absolute atomic E-state index is 0.00317. The van der Waals surface area contributed by atoms with Crippen molar-refractivity contribution in [1.82, 2.24) is 4.90 Å². The topological polar surface area (TPSA) is 46.3 Å². The molecule has 1 aliphatic carbocycles. The summed E-state index contributed by atoms with van der Waals surface area (Å²) in [6.45, 7) is 3.87. The number of hydrogen-bond donors (Lipinski definition) is 1. The summed E-state index contributed by atoms with van der Waals surface area (Å²) in [5, 5.41) is 0. The van der Waals surface area contributed by atoms with Crippen LogP contribution in [0.15, 0.2) is 0 Å². The van der Waals surface area contributed by atoms with Gasteiger partial charge in [0.1, 0.15) is 0 Å². The van der Waals surface area contributed by atoms with Crippen LogP contribution < -0.4 is 5.73 Å². The first-order chi connectivity index (χ1) is 7.66. The second kappa shape index (κ2) is 5.17. The normalized spacial score (nSPS) is 32.0. The van der Waals surface area contributed by atoms with E-state index >= 15 is 0 Å². The van der Waals surface area contributed by atoms with Crippen LogP contribution in [0.3, 0.4) is 0 Å². The summed E-state index contributed by atoms with van der Waals surface area (Å²) >= 11 is 0. The number of likely N-dealkylation sites (tertiary alicyclic amines) is 1. The predicted molar refractivity (Wildman–Crippen MR) is 64.9 cm³/mol. The summed E-state index contributed by atoms with van der Waals surface area (Å²) in [6, 6.07) is -0.00317. The molecule has 1 heterocycles. The Bertz CT molecular complexity index is 252. The summed E-state index contributed by atoms with van der Waals surface area (Å²) in [7, 11) is 0. The second-order valence-corrected chi connectivity index (χ2v) is 5.61. The van der Waals surface area contributed by atoms with Crippen molar-refractivity contribution in [3.63, 3.8) is 0 Å². The van der Waals surface area contributed by atoms with Crippen molar-refractivity contribution in [2.45, 2.75) is 51.5 Å². The number of hydrogen-bond acceptors (Lipinski definition) is 2. The Morgan fingerprint density at radius 2 is 2.00 bits per heavy atom. The molecule has 3 unspecified atom stereocenters. The largest absolute Gasteiger partial charge is 0.342 e. The molecular weight excluding hydrogens is 200 g/mol. The molecule has 16 heavy (non-hydrogen) atoms. The number of fused-ring (bicyclic) bond motifs is 1. The highest BCUT2D eigenvalue weighted by atomic mass is 16.2. The maximum absolute atomic E-state index is 11.9. The standard InChI is InChI=1S/C13H24N2O/c1-10(14)8-13(16)15-7-6-11-4-2-3-5-12(11)9-15/h10-12H,2-9,14H2,1H3. The molecule has 0 spiro atoms. The van der Waals surface area contributed by atoms with Gasteiger partial charge < -0.3 is 10.6 Å². The van der Waals surface area contributed by atoms with Gasteiger partial charge in [0.15, 0.2) is 0 Å². The molecule has 0 aromatic carbocycles. The molecule has 2 rings (SSSR count). The van der Waals surface area contributed by atoms with Gasteiger partial charge in [0.25, 0.3) is 0 Å². The maximum atomic E-state index is 11.9. The summed E-state index contributed by atoms with van der Waals surface area (Å²) in [6.07, 6.45) is 7.20. The summed E-state index contributed by atoms with van der Waals surface area (Å²) in [5.41, 5.74) is 5.68. The van der Waals surface area contributed by atoms with Crippen LogP contribution in [0.25, 0.3) is 0 Å². The molecule has 1 aliphatic heterocycles. The van der Waals surface area contributed by atoms with E-state index in [4.69, 9.17) is 5.73 Å². The molecule has 1 saturated heterocycles. The maximum Gasteiger partial charge on any atom is 0.224 e. The summed E-state index contributed by atoms with van der Waals surface area (Å²) in [4.78, 5) is 14.0. The molecule has 2 aliphatic rings. The van der Waals surface area contributed by atoms with E-state index in [0.29, 0.717) is 6.42 Å².